The third-order valence-electron chi connectivity index (χ3n) is 2.80. The van der Waals surface area contributed by atoms with E-state index in [0.29, 0.717) is 11.1 Å². The first-order chi connectivity index (χ1) is 10.2. The summed E-state index contributed by atoms with van der Waals surface area (Å²) in [6.45, 7) is 2.28. The zero-order valence-corrected chi connectivity index (χ0v) is 12.6. The zero-order chi connectivity index (χ0) is 15.1. The molecule has 0 aliphatic carbocycles. The molecule has 1 amide bonds. The predicted molar refractivity (Wildman–Crippen MR) is 85.1 cm³/mol. The maximum atomic E-state index is 12.2. The Balaban J connectivity index is 1.99. The highest BCUT2D eigenvalue weighted by atomic mass is 32.1. The number of thiophene rings is 1. The second kappa shape index (κ2) is 7.58. The highest BCUT2D eigenvalue weighted by molar-refractivity contribution is 7.09. The van der Waals surface area contributed by atoms with E-state index < -0.39 is 0 Å². The number of amides is 1. The largest absolute Gasteiger partial charge is 0.349 e. The molecule has 1 unspecified atom stereocenters. The quantitative estimate of drug-likeness (QED) is 0.846. The number of rotatable bonds is 4. The number of nitrogens with one attached hydrogen (secondary N) is 1. The molecule has 2 aromatic heterocycles. The molecule has 21 heavy (non-hydrogen) atoms. The number of hydrogen-bond acceptors (Lipinski definition) is 4. The Morgan fingerprint density at radius 1 is 1.52 bits per heavy atom. The summed E-state index contributed by atoms with van der Waals surface area (Å²) >= 11 is 1.69. The van der Waals surface area contributed by atoms with Gasteiger partial charge in [0.05, 0.1) is 12.1 Å². The smallest absolute Gasteiger partial charge is 0.253 e. The van der Waals surface area contributed by atoms with Gasteiger partial charge in [-0.2, -0.15) is 0 Å². The van der Waals surface area contributed by atoms with Crippen LogP contribution in [0, 0.1) is 11.8 Å². The van der Waals surface area contributed by atoms with Gasteiger partial charge in [-0.25, -0.2) is 0 Å². The van der Waals surface area contributed by atoms with Crippen molar-refractivity contribution in [2.24, 2.45) is 5.73 Å². The number of nitrogens with zero attached hydrogens (tertiary/aromatic N) is 1. The van der Waals surface area contributed by atoms with Crippen molar-refractivity contribution in [1.29, 1.82) is 0 Å². The van der Waals surface area contributed by atoms with E-state index in [0.717, 1.165) is 6.42 Å². The molecule has 2 aromatic rings. The molecule has 0 radical (unpaired) electrons. The lowest BCUT2D eigenvalue weighted by molar-refractivity contribution is 0.0940. The number of nitrogens with two attached hydrogens (primary N) is 1. The highest BCUT2D eigenvalue weighted by Gasteiger charge is 2.11. The molecule has 0 aliphatic heterocycles. The lowest BCUT2D eigenvalue weighted by Crippen LogP contribution is -2.34. The van der Waals surface area contributed by atoms with E-state index >= 15 is 0 Å². The Morgan fingerprint density at radius 2 is 2.38 bits per heavy atom. The summed E-state index contributed by atoms with van der Waals surface area (Å²) in [6, 6.07) is 5.87. The Morgan fingerprint density at radius 3 is 3.10 bits per heavy atom. The molecular weight excluding hydrogens is 282 g/mol. The summed E-state index contributed by atoms with van der Waals surface area (Å²) in [7, 11) is 0. The van der Waals surface area contributed by atoms with Crippen LogP contribution >= 0.6 is 11.3 Å². The second-order valence-corrected chi connectivity index (χ2v) is 5.66. The maximum absolute atomic E-state index is 12.2. The number of carbonyl (C=O) groups excluding carboxylic acids is 1. The van der Waals surface area contributed by atoms with E-state index in [-0.39, 0.29) is 18.5 Å². The Bertz CT molecular complexity index is 656. The minimum atomic E-state index is -0.136. The van der Waals surface area contributed by atoms with Gasteiger partial charge in [-0.3, -0.25) is 9.78 Å². The summed E-state index contributed by atoms with van der Waals surface area (Å²) in [5, 5.41) is 5.01. The van der Waals surface area contributed by atoms with E-state index in [9.17, 15) is 4.79 Å². The normalized spacial score (nSPS) is 11.3. The molecule has 0 aromatic carbocycles. The maximum Gasteiger partial charge on any atom is 0.253 e. The second-order valence-electron chi connectivity index (χ2n) is 4.63. The average Bonchev–Trinajstić information content (AvgIpc) is 2.98. The Hall–Kier alpha value is -2.16. The number of aromatic nitrogens is 1. The molecule has 0 bridgehead atoms. The zero-order valence-electron chi connectivity index (χ0n) is 11.8. The fourth-order valence-corrected chi connectivity index (χ4v) is 2.71. The van der Waals surface area contributed by atoms with Crippen LogP contribution in [0.4, 0.5) is 0 Å². The monoisotopic (exact) mass is 299 g/mol. The van der Waals surface area contributed by atoms with E-state index in [1.807, 2.05) is 18.4 Å². The van der Waals surface area contributed by atoms with E-state index in [2.05, 4.69) is 28.2 Å². The minimum Gasteiger partial charge on any atom is -0.349 e. The summed E-state index contributed by atoms with van der Waals surface area (Å²) < 4.78 is 0. The topological polar surface area (TPSA) is 68.0 Å². The minimum absolute atomic E-state index is 0.0648. The van der Waals surface area contributed by atoms with Crippen molar-refractivity contribution in [2.45, 2.75) is 19.4 Å². The molecule has 2 heterocycles. The van der Waals surface area contributed by atoms with Gasteiger partial charge in [-0.1, -0.05) is 17.9 Å². The van der Waals surface area contributed by atoms with Gasteiger partial charge in [0.25, 0.3) is 5.91 Å². The number of pyridine rings is 1. The van der Waals surface area contributed by atoms with Gasteiger partial charge < -0.3 is 11.1 Å². The van der Waals surface area contributed by atoms with Crippen molar-refractivity contribution >= 4 is 17.2 Å². The lowest BCUT2D eigenvalue weighted by atomic mass is 10.1. The van der Waals surface area contributed by atoms with Gasteiger partial charge in [-0.05, 0) is 24.4 Å². The fourth-order valence-electron chi connectivity index (χ4n) is 1.87. The van der Waals surface area contributed by atoms with E-state index in [4.69, 9.17) is 5.73 Å². The molecular formula is C16H17N3OS. The van der Waals surface area contributed by atoms with Gasteiger partial charge in [-0.15, -0.1) is 11.3 Å². The van der Waals surface area contributed by atoms with E-state index in [1.165, 1.54) is 4.88 Å². The van der Waals surface area contributed by atoms with Crippen molar-refractivity contribution < 1.29 is 4.79 Å². The molecule has 108 valence electrons. The summed E-state index contributed by atoms with van der Waals surface area (Å²) in [5.74, 6) is 5.49. The van der Waals surface area contributed by atoms with Crippen molar-refractivity contribution in [3.05, 3.63) is 52.0 Å². The van der Waals surface area contributed by atoms with E-state index in [1.54, 1.807) is 29.8 Å². The standard InChI is InChI=1S/C16H17N3OS/c1-12(8-15-5-3-7-21-15)19-16(20)14-9-13(4-2-6-17)10-18-11-14/h3,5,7,9-12H,6,8,17H2,1H3,(H,19,20). The molecule has 0 spiro atoms. The summed E-state index contributed by atoms with van der Waals surface area (Å²) in [4.78, 5) is 17.5. The van der Waals surface area contributed by atoms with Crippen LogP contribution in [-0.4, -0.2) is 23.5 Å². The van der Waals surface area contributed by atoms with Crippen LogP contribution < -0.4 is 11.1 Å². The molecule has 0 saturated carbocycles. The third-order valence-corrected chi connectivity index (χ3v) is 3.70. The van der Waals surface area contributed by atoms with Gasteiger partial charge in [0.1, 0.15) is 0 Å². The highest BCUT2D eigenvalue weighted by Crippen LogP contribution is 2.11. The molecule has 4 nitrogen and oxygen atoms in total. The Labute approximate surface area is 128 Å². The first-order valence-corrected chi connectivity index (χ1v) is 7.54. The molecule has 0 saturated heterocycles. The molecule has 0 aliphatic rings. The first-order valence-electron chi connectivity index (χ1n) is 6.66. The average molecular weight is 299 g/mol. The van der Waals surface area contributed by atoms with Crippen LogP contribution in [0.2, 0.25) is 0 Å². The van der Waals surface area contributed by atoms with Crippen LogP contribution in [0.3, 0.4) is 0 Å². The van der Waals surface area contributed by atoms with Crippen molar-refractivity contribution in [3.63, 3.8) is 0 Å². The van der Waals surface area contributed by atoms with Crippen LogP contribution in [0.5, 0.6) is 0 Å². The molecule has 3 N–H and O–H groups in total. The predicted octanol–water partition coefficient (Wildman–Crippen LogP) is 1.81. The molecule has 5 heteroatoms. The number of carbonyl (C=O) groups is 1. The third kappa shape index (κ3) is 4.71. The summed E-state index contributed by atoms with van der Waals surface area (Å²) in [5.41, 5.74) is 6.54. The van der Waals surface area contributed by atoms with Gasteiger partial charge >= 0.3 is 0 Å². The van der Waals surface area contributed by atoms with Gasteiger partial charge in [0.15, 0.2) is 0 Å². The van der Waals surface area contributed by atoms with Crippen LogP contribution in [0.25, 0.3) is 0 Å². The molecule has 0 fully saturated rings. The SMILES string of the molecule is CC(Cc1cccs1)NC(=O)c1cncc(C#CCN)c1. The fraction of sp³-hybridized carbons (Fsp3) is 0.250. The van der Waals surface area contributed by atoms with Gasteiger partial charge in [0.2, 0.25) is 0 Å². The van der Waals surface area contributed by atoms with Crippen molar-refractivity contribution in [3.8, 4) is 11.8 Å². The van der Waals surface area contributed by atoms with Crippen LogP contribution in [0.1, 0.15) is 27.7 Å². The molecule has 1 atom stereocenters. The van der Waals surface area contributed by atoms with Gasteiger partial charge in [0, 0.05) is 35.3 Å². The van der Waals surface area contributed by atoms with Crippen molar-refractivity contribution in [2.75, 3.05) is 6.54 Å². The summed E-state index contributed by atoms with van der Waals surface area (Å²) in [6.07, 6.45) is 3.98. The Kier molecular flexibility index (Phi) is 5.50. The first kappa shape index (κ1) is 15.2. The van der Waals surface area contributed by atoms with Crippen LogP contribution in [-0.2, 0) is 6.42 Å². The van der Waals surface area contributed by atoms with Crippen LogP contribution in [0.15, 0.2) is 36.0 Å². The lowest BCUT2D eigenvalue weighted by Gasteiger charge is -2.12. The number of hydrogen-bond donors (Lipinski definition) is 2. The van der Waals surface area contributed by atoms with Crippen molar-refractivity contribution in [1.82, 2.24) is 10.3 Å². The molecule has 2 rings (SSSR count).